The summed E-state index contributed by atoms with van der Waals surface area (Å²) < 4.78 is 26.7. The molecular formula is C16H15BrF2N2. The molecule has 2 nitrogen and oxygen atoms in total. The van der Waals surface area contributed by atoms with Crippen LogP contribution in [0.1, 0.15) is 24.8 Å². The van der Waals surface area contributed by atoms with Gasteiger partial charge in [0.2, 0.25) is 6.43 Å². The topological polar surface area (TPSA) is 24.9 Å². The van der Waals surface area contributed by atoms with Crippen LogP contribution in [0, 0.1) is 5.41 Å². The minimum Gasteiger partial charge on any atom is -0.307 e. The van der Waals surface area contributed by atoms with E-state index in [-0.39, 0.29) is 5.54 Å². The highest BCUT2D eigenvalue weighted by molar-refractivity contribution is 9.10. The molecule has 0 amide bonds. The maximum absolute atomic E-state index is 12.8. The van der Waals surface area contributed by atoms with Crippen molar-refractivity contribution in [3.8, 4) is 0 Å². The fraction of sp³-hybridized carbons (Fsp3) is 0.438. The Hall–Kier alpha value is -1.07. The van der Waals surface area contributed by atoms with E-state index in [4.69, 9.17) is 0 Å². The molecule has 0 radical (unpaired) electrons. The Morgan fingerprint density at radius 2 is 2.00 bits per heavy atom. The molecule has 2 aromatic rings. The molecule has 0 atom stereocenters. The standard InChI is InChI=1S/C16H15BrF2N2/c17-12-4-3-10(13-11(12)2-1-5-20-13)6-21-16-7-15(8-16,9-16)14(18)19/h1-5,14,21H,6-9H2. The molecule has 0 saturated heterocycles. The number of aromatic nitrogens is 1. The number of alkyl halides is 2. The van der Waals surface area contributed by atoms with E-state index in [9.17, 15) is 8.78 Å². The van der Waals surface area contributed by atoms with Gasteiger partial charge in [-0.15, -0.1) is 0 Å². The molecule has 2 bridgehead atoms. The van der Waals surface area contributed by atoms with Crippen molar-refractivity contribution in [2.45, 2.75) is 37.8 Å². The van der Waals surface area contributed by atoms with Crippen molar-refractivity contribution in [1.29, 1.82) is 0 Å². The largest absolute Gasteiger partial charge is 0.307 e. The smallest absolute Gasteiger partial charge is 0.244 e. The van der Waals surface area contributed by atoms with Crippen molar-refractivity contribution in [1.82, 2.24) is 10.3 Å². The summed E-state index contributed by atoms with van der Waals surface area (Å²) in [5.74, 6) is 0. The lowest BCUT2D eigenvalue weighted by Gasteiger charge is -2.70. The molecule has 1 aromatic carbocycles. The number of hydrogen-bond donors (Lipinski definition) is 1. The van der Waals surface area contributed by atoms with Gasteiger partial charge >= 0.3 is 0 Å². The first-order valence-corrected chi connectivity index (χ1v) is 7.88. The summed E-state index contributed by atoms with van der Waals surface area (Å²) in [5.41, 5.74) is 1.36. The Labute approximate surface area is 130 Å². The number of benzene rings is 1. The van der Waals surface area contributed by atoms with E-state index in [2.05, 4.69) is 26.2 Å². The Morgan fingerprint density at radius 1 is 1.24 bits per heavy atom. The number of fused-ring (bicyclic) bond motifs is 1. The van der Waals surface area contributed by atoms with Crippen LogP contribution in [0.4, 0.5) is 8.78 Å². The molecule has 5 heteroatoms. The molecule has 1 heterocycles. The zero-order valence-electron chi connectivity index (χ0n) is 11.4. The third kappa shape index (κ3) is 1.94. The lowest BCUT2D eigenvalue weighted by molar-refractivity contribution is -0.229. The molecule has 5 rings (SSSR count). The fourth-order valence-electron chi connectivity index (χ4n) is 3.91. The molecule has 0 unspecified atom stereocenters. The quantitative estimate of drug-likeness (QED) is 0.888. The summed E-state index contributed by atoms with van der Waals surface area (Å²) in [6.07, 6.45) is 1.44. The van der Waals surface area contributed by atoms with Crippen LogP contribution in [0.2, 0.25) is 0 Å². The zero-order valence-corrected chi connectivity index (χ0v) is 13.0. The van der Waals surface area contributed by atoms with Crippen molar-refractivity contribution in [3.63, 3.8) is 0 Å². The van der Waals surface area contributed by atoms with Gasteiger partial charge in [0.05, 0.1) is 5.52 Å². The number of pyridine rings is 1. The Kier molecular flexibility index (Phi) is 2.89. The number of hydrogen-bond acceptors (Lipinski definition) is 2. The summed E-state index contributed by atoms with van der Waals surface area (Å²) in [5, 5.41) is 4.56. The van der Waals surface area contributed by atoms with Crippen LogP contribution in [0.5, 0.6) is 0 Å². The van der Waals surface area contributed by atoms with Gasteiger partial charge in [0.1, 0.15) is 0 Å². The molecule has 1 aromatic heterocycles. The van der Waals surface area contributed by atoms with Gasteiger partial charge in [-0.05, 0) is 37.0 Å². The Morgan fingerprint density at radius 3 is 2.71 bits per heavy atom. The Bertz CT molecular complexity index is 697. The summed E-state index contributed by atoms with van der Waals surface area (Å²) in [4.78, 5) is 4.45. The highest BCUT2D eigenvalue weighted by Gasteiger charge is 2.71. The van der Waals surface area contributed by atoms with Crippen molar-refractivity contribution < 1.29 is 8.78 Å². The monoisotopic (exact) mass is 352 g/mol. The third-order valence-corrected chi connectivity index (χ3v) is 5.68. The summed E-state index contributed by atoms with van der Waals surface area (Å²) >= 11 is 3.53. The predicted octanol–water partition coefficient (Wildman–Crippen LogP) is 4.27. The van der Waals surface area contributed by atoms with E-state index in [1.165, 1.54) is 0 Å². The van der Waals surface area contributed by atoms with Gasteiger partial charge < -0.3 is 5.32 Å². The first-order chi connectivity index (χ1) is 10.0. The third-order valence-electron chi connectivity index (χ3n) is 4.99. The van der Waals surface area contributed by atoms with Crippen molar-refractivity contribution in [2.24, 2.45) is 5.41 Å². The van der Waals surface area contributed by atoms with Gasteiger partial charge in [-0.1, -0.05) is 28.1 Å². The number of nitrogens with one attached hydrogen (secondary N) is 1. The van der Waals surface area contributed by atoms with E-state index < -0.39 is 11.8 Å². The number of halogens is 3. The molecule has 3 aliphatic rings. The molecule has 0 spiro atoms. The average molecular weight is 353 g/mol. The molecule has 3 aliphatic carbocycles. The van der Waals surface area contributed by atoms with Crippen LogP contribution in [0.3, 0.4) is 0 Å². The van der Waals surface area contributed by atoms with Crippen LogP contribution in [0.15, 0.2) is 34.9 Å². The van der Waals surface area contributed by atoms with Crippen molar-refractivity contribution in [3.05, 3.63) is 40.5 Å². The maximum atomic E-state index is 12.8. The first-order valence-electron chi connectivity index (χ1n) is 7.09. The van der Waals surface area contributed by atoms with E-state index in [0.717, 1.165) is 20.9 Å². The summed E-state index contributed by atoms with van der Waals surface area (Å²) in [6.45, 7) is 0.681. The molecule has 3 saturated carbocycles. The Balaban J connectivity index is 1.51. The van der Waals surface area contributed by atoms with Gasteiger partial charge in [-0.3, -0.25) is 4.98 Å². The van der Waals surface area contributed by atoms with E-state index in [0.29, 0.717) is 25.8 Å². The summed E-state index contributed by atoms with van der Waals surface area (Å²) in [6, 6.07) is 8.00. The fourth-order valence-corrected chi connectivity index (χ4v) is 4.36. The predicted molar refractivity (Wildman–Crippen MR) is 81.3 cm³/mol. The van der Waals surface area contributed by atoms with Gasteiger partial charge in [-0.25, -0.2) is 8.78 Å². The van der Waals surface area contributed by atoms with E-state index in [1.54, 1.807) is 6.20 Å². The zero-order chi connectivity index (χ0) is 14.7. The van der Waals surface area contributed by atoms with Crippen LogP contribution in [0.25, 0.3) is 10.9 Å². The highest BCUT2D eigenvalue weighted by atomic mass is 79.9. The van der Waals surface area contributed by atoms with Gasteiger partial charge in [0.25, 0.3) is 0 Å². The van der Waals surface area contributed by atoms with Gasteiger partial charge in [0.15, 0.2) is 0 Å². The van der Waals surface area contributed by atoms with Crippen LogP contribution < -0.4 is 5.32 Å². The second-order valence-corrected chi connectivity index (χ2v) is 7.29. The minimum atomic E-state index is -2.17. The number of nitrogens with zero attached hydrogens (tertiary/aromatic N) is 1. The van der Waals surface area contributed by atoms with Crippen LogP contribution >= 0.6 is 15.9 Å². The SMILES string of the molecule is FC(F)C12CC(NCc3ccc(Br)c4cccnc34)(C1)C2. The average Bonchev–Trinajstić information content (AvgIpc) is 2.38. The lowest BCUT2D eigenvalue weighted by atomic mass is 9.39. The second-order valence-electron chi connectivity index (χ2n) is 6.43. The number of rotatable bonds is 4. The van der Waals surface area contributed by atoms with Crippen molar-refractivity contribution in [2.75, 3.05) is 0 Å². The highest BCUT2D eigenvalue weighted by Crippen LogP contribution is 2.69. The maximum Gasteiger partial charge on any atom is 0.244 e. The summed E-state index contributed by atoms with van der Waals surface area (Å²) in [7, 11) is 0. The molecule has 0 aliphatic heterocycles. The molecule has 110 valence electrons. The van der Waals surface area contributed by atoms with E-state index >= 15 is 0 Å². The lowest BCUT2D eigenvalue weighted by Crippen LogP contribution is -2.75. The van der Waals surface area contributed by atoms with Crippen LogP contribution in [-0.4, -0.2) is 16.9 Å². The normalized spacial score (nSPS) is 30.3. The second kappa shape index (κ2) is 4.46. The molecule has 1 N–H and O–H groups in total. The molecular weight excluding hydrogens is 338 g/mol. The first kappa shape index (κ1) is 13.6. The minimum absolute atomic E-state index is 0.0510. The molecule has 21 heavy (non-hydrogen) atoms. The van der Waals surface area contributed by atoms with Gasteiger partial charge in [0, 0.05) is 33.6 Å². The van der Waals surface area contributed by atoms with Crippen LogP contribution in [-0.2, 0) is 6.54 Å². The van der Waals surface area contributed by atoms with Crippen molar-refractivity contribution >= 4 is 26.8 Å². The van der Waals surface area contributed by atoms with Gasteiger partial charge in [-0.2, -0.15) is 0 Å². The van der Waals surface area contributed by atoms with E-state index in [1.807, 2.05) is 24.3 Å². The molecule has 3 fully saturated rings.